The Bertz CT molecular complexity index is 407. The number of nitrogens with two attached hydrogens (primary N) is 1. The predicted octanol–water partition coefficient (Wildman–Crippen LogP) is 3.01. The molecule has 0 fully saturated rings. The van der Waals surface area contributed by atoms with Gasteiger partial charge in [-0.15, -0.1) is 0 Å². The second-order valence-corrected chi connectivity index (χ2v) is 5.41. The van der Waals surface area contributed by atoms with Crippen molar-refractivity contribution in [2.24, 2.45) is 11.7 Å². The van der Waals surface area contributed by atoms with Gasteiger partial charge in [0.05, 0.1) is 12.7 Å². The number of hydrogen-bond acceptors (Lipinski definition) is 2. The van der Waals surface area contributed by atoms with Crippen LogP contribution in [0.25, 0.3) is 0 Å². The maximum atomic E-state index is 14.7. The highest BCUT2D eigenvalue weighted by molar-refractivity contribution is 5.31. The molecule has 100 valence electrons. The van der Waals surface area contributed by atoms with Crippen molar-refractivity contribution in [1.29, 1.82) is 0 Å². The molecule has 1 aliphatic rings. The molecule has 2 atom stereocenters. The number of halogens is 1. The summed E-state index contributed by atoms with van der Waals surface area (Å²) in [6, 6.07) is 8.15. The predicted molar refractivity (Wildman–Crippen MR) is 71.2 cm³/mol. The Hall–Kier alpha value is -0.930. The van der Waals surface area contributed by atoms with Gasteiger partial charge in [-0.3, -0.25) is 0 Å². The molecule has 0 saturated carbocycles. The number of hydrogen-bond donors (Lipinski definition) is 1. The quantitative estimate of drug-likeness (QED) is 0.892. The molecule has 2 unspecified atom stereocenters. The molecule has 0 bridgehead atoms. The lowest BCUT2D eigenvalue weighted by Crippen LogP contribution is -2.40. The summed E-state index contributed by atoms with van der Waals surface area (Å²) in [6.45, 7) is 4.47. The summed E-state index contributed by atoms with van der Waals surface area (Å²) in [5.41, 5.74) is 6.66. The molecule has 0 saturated heterocycles. The standard InChI is InChI=1S/C15H22FNO/c1-11(2)15(16,10-17)9-14-13-6-4-3-5-12(13)7-8-18-14/h3-6,11,14H,7-10,17H2,1-2H3. The normalized spacial score (nSPS) is 22.6. The number of alkyl halides is 1. The summed E-state index contributed by atoms with van der Waals surface area (Å²) in [7, 11) is 0. The van der Waals surface area contributed by atoms with E-state index in [4.69, 9.17) is 10.5 Å². The highest BCUT2D eigenvalue weighted by atomic mass is 19.1. The van der Waals surface area contributed by atoms with Gasteiger partial charge in [0.2, 0.25) is 0 Å². The van der Waals surface area contributed by atoms with Gasteiger partial charge in [0.15, 0.2) is 0 Å². The van der Waals surface area contributed by atoms with Crippen molar-refractivity contribution in [1.82, 2.24) is 0 Å². The molecule has 18 heavy (non-hydrogen) atoms. The summed E-state index contributed by atoms with van der Waals surface area (Å²) < 4.78 is 20.5. The zero-order valence-electron chi connectivity index (χ0n) is 11.2. The van der Waals surface area contributed by atoms with Gasteiger partial charge in [-0.05, 0) is 23.5 Å². The van der Waals surface area contributed by atoms with Crippen molar-refractivity contribution in [2.45, 2.75) is 38.5 Å². The monoisotopic (exact) mass is 251 g/mol. The van der Waals surface area contributed by atoms with Gasteiger partial charge in [-0.2, -0.15) is 0 Å². The van der Waals surface area contributed by atoms with Gasteiger partial charge < -0.3 is 10.5 Å². The maximum absolute atomic E-state index is 14.7. The van der Waals surface area contributed by atoms with E-state index in [-0.39, 0.29) is 18.6 Å². The fourth-order valence-electron chi connectivity index (χ4n) is 2.51. The van der Waals surface area contributed by atoms with E-state index in [1.165, 1.54) is 5.56 Å². The number of fused-ring (bicyclic) bond motifs is 1. The van der Waals surface area contributed by atoms with Crippen LogP contribution in [0.4, 0.5) is 4.39 Å². The first kappa shape index (κ1) is 13.5. The van der Waals surface area contributed by atoms with Crippen molar-refractivity contribution >= 4 is 0 Å². The third-order valence-corrected chi connectivity index (χ3v) is 3.99. The molecule has 0 spiro atoms. The molecule has 1 aromatic rings. The minimum absolute atomic E-state index is 0.0483. The number of rotatable bonds is 4. The van der Waals surface area contributed by atoms with E-state index < -0.39 is 5.67 Å². The Kier molecular flexibility index (Phi) is 4.03. The van der Waals surface area contributed by atoms with E-state index in [0.717, 1.165) is 12.0 Å². The summed E-state index contributed by atoms with van der Waals surface area (Å²) >= 11 is 0. The molecule has 0 amide bonds. The van der Waals surface area contributed by atoms with E-state index >= 15 is 0 Å². The Morgan fingerprint density at radius 2 is 2.17 bits per heavy atom. The fourth-order valence-corrected chi connectivity index (χ4v) is 2.51. The third-order valence-electron chi connectivity index (χ3n) is 3.99. The molecular formula is C15H22FNO. The average Bonchev–Trinajstić information content (AvgIpc) is 2.39. The summed E-state index contributed by atoms with van der Waals surface area (Å²) in [4.78, 5) is 0. The second-order valence-electron chi connectivity index (χ2n) is 5.41. The van der Waals surface area contributed by atoms with Crippen LogP contribution in [0.15, 0.2) is 24.3 Å². The molecular weight excluding hydrogens is 229 g/mol. The fraction of sp³-hybridized carbons (Fsp3) is 0.600. The van der Waals surface area contributed by atoms with Gasteiger partial charge in [0.1, 0.15) is 5.67 Å². The summed E-state index contributed by atoms with van der Waals surface area (Å²) in [5, 5.41) is 0. The first-order valence-corrected chi connectivity index (χ1v) is 6.65. The molecule has 0 aromatic heterocycles. The second kappa shape index (κ2) is 5.37. The van der Waals surface area contributed by atoms with Crippen LogP contribution in [-0.4, -0.2) is 18.8 Å². The van der Waals surface area contributed by atoms with Crippen LogP contribution in [0.3, 0.4) is 0 Å². The van der Waals surface area contributed by atoms with Crippen molar-refractivity contribution < 1.29 is 9.13 Å². The van der Waals surface area contributed by atoms with Crippen molar-refractivity contribution in [3.8, 4) is 0 Å². The molecule has 2 nitrogen and oxygen atoms in total. The molecule has 1 aliphatic heterocycles. The lowest BCUT2D eigenvalue weighted by molar-refractivity contribution is -0.0203. The van der Waals surface area contributed by atoms with Crippen LogP contribution in [0, 0.1) is 5.92 Å². The SMILES string of the molecule is CC(C)C(F)(CN)CC1OCCc2ccccc21. The van der Waals surface area contributed by atoms with E-state index in [2.05, 4.69) is 6.07 Å². The molecule has 1 heterocycles. The van der Waals surface area contributed by atoms with Crippen molar-refractivity contribution in [3.63, 3.8) is 0 Å². The molecule has 0 aliphatic carbocycles. The number of ether oxygens (including phenoxy) is 1. The Morgan fingerprint density at radius 1 is 1.44 bits per heavy atom. The van der Waals surface area contributed by atoms with Crippen LogP contribution in [0.5, 0.6) is 0 Å². The first-order valence-electron chi connectivity index (χ1n) is 6.65. The van der Waals surface area contributed by atoms with E-state index in [9.17, 15) is 4.39 Å². The molecule has 1 aromatic carbocycles. The zero-order chi connectivity index (χ0) is 13.2. The highest BCUT2D eigenvalue weighted by Crippen LogP contribution is 2.37. The van der Waals surface area contributed by atoms with Crippen molar-refractivity contribution in [2.75, 3.05) is 13.2 Å². The molecule has 2 N–H and O–H groups in total. The summed E-state index contributed by atoms with van der Waals surface area (Å²) in [5.74, 6) is -0.0970. The minimum atomic E-state index is -1.35. The van der Waals surface area contributed by atoms with Crippen molar-refractivity contribution in [3.05, 3.63) is 35.4 Å². The van der Waals surface area contributed by atoms with E-state index in [1.807, 2.05) is 32.0 Å². The molecule has 0 radical (unpaired) electrons. The van der Waals surface area contributed by atoms with E-state index in [0.29, 0.717) is 13.0 Å². The van der Waals surface area contributed by atoms with Crippen LogP contribution < -0.4 is 5.73 Å². The van der Waals surface area contributed by atoms with Crippen LogP contribution in [0.1, 0.15) is 37.5 Å². The number of benzene rings is 1. The largest absolute Gasteiger partial charge is 0.373 e. The van der Waals surface area contributed by atoms with Gasteiger partial charge in [0, 0.05) is 13.0 Å². The van der Waals surface area contributed by atoms with Gasteiger partial charge in [-0.25, -0.2) is 4.39 Å². The first-order chi connectivity index (χ1) is 8.57. The Balaban J connectivity index is 2.21. The maximum Gasteiger partial charge on any atom is 0.128 e. The molecule has 2 rings (SSSR count). The van der Waals surface area contributed by atoms with Gasteiger partial charge in [-0.1, -0.05) is 38.1 Å². The van der Waals surface area contributed by atoms with Gasteiger partial charge in [0.25, 0.3) is 0 Å². The Morgan fingerprint density at radius 3 is 2.83 bits per heavy atom. The smallest absolute Gasteiger partial charge is 0.128 e. The minimum Gasteiger partial charge on any atom is -0.373 e. The average molecular weight is 251 g/mol. The highest BCUT2D eigenvalue weighted by Gasteiger charge is 2.37. The van der Waals surface area contributed by atoms with Crippen LogP contribution in [-0.2, 0) is 11.2 Å². The lowest BCUT2D eigenvalue weighted by Gasteiger charge is -2.34. The molecule has 3 heteroatoms. The van der Waals surface area contributed by atoms with Crippen LogP contribution >= 0.6 is 0 Å². The van der Waals surface area contributed by atoms with E-state index in [1.54, 1.807) is 0 Å². The zero-order valence-corrected chi connectivity index (χ0v) is 11.2. The summed E-state index contributed by atoms with van der Waals surface area (Å²) in [6.07, 6.45) is 1.10. The lowest BCUT2D eigenvalue weighted by atomic mass is 9.83. The third kappa shape index (κ3) is 2.57. The van der Waals surface area contributed by atoms with Gasteiger partial charge >= 0.3 is 0 Å². The Labute approximate surface area is 108 Å². The van der Waals surface area contributed by atoms with Crippen LogP contribution in [0.2, 0.25) is 0 Å². The topological polar surface area (TPSA) is 35.2 Å².